The number of phenols is 6. The van der Waals surface area contributed by atoms with Gasteiger partial charge >= 0.3 is 0 Å². The number of nitrogens with one attached hydrogen (secondary N) is 1. The van der Waals surface area contributed by atoms with Crippen molar-refractivity contribution in [1.29, 1.82) is 0 Å². The molecule has 0 radical (unpaired) electrons. The molecule has 0 aliphatic carbocycles. The Morgan fingerprint density at radius 3 is 1.46 bits per heavy atom. The van der Waals surface area contributed by atoms with Crippen LogP contribution in [0.4, 0.5) is 25.8 Å². The maximum absolute atomic E-state index is 14.1. The number of sulfone groups is 6. The molecule has 0 amide bonds. The number of aromatic hydroxyl groups is 6. The molecule has 149 heavy (non-hydrogen) atoms. The molecule has 5 heterocycles. The van der Waals surface area contributed by atoms with Crippen LogP contribution >= 0.6 is 139 Å². The number of aryl methyl sites for hydroxylation is 2. The predicted molar refractivity (Wildman–Crippen MR) is 590 cm³/mol. The molecule has 2 fully saturated rings. The van der Waals surface area contributed by atoms with E-state index >= 15 is 0 Å². The van der Waals surface area contributed by atoms with Gasteiger partial charge in [0.05, 0.1) is 76.9 Å². The minimum atomic E-state index is -3.98. The van der Waals surface area contributed by atoms with Crippen LogP contribution in [0.1, 0.15) is 78.5 Å². The summed E-state index contributed by atoms with van der Waals surface area (Å²) in [5.74, 6) is -4.10. The molecule has 4 aliphatic rings. The lowest BCUT2D eigenvalue weighted by Gasteiger charge is -2.29. The second kappa shape index (κ2) is 49.5. The van der Waals surface area contributed by atoms with Gasteiger partial charge in [0, 0.05) is 109 Å². The third kappa shape index (κ3) is 29.2. The van der Waals surface area contributed by atoms with Crippen LogP contribution in [0.25, 0.3) is 21.7 Å². The van der Waals surface area contributed by atoms with Crippen molar-refractivity contribution in [2.24, 2.45) is 18.9 Å². The van der Waals surface area contributed by atoms with E-state index in [-0.39, 0.29) is 136 Å². The lowest BCUT2D eigenvalue weighted by atomic mass is 9.95. The summed E-state index contributed by atoms with van der Waals surface area (Å²) in [7, 11) is -20.9. The Morgan fingerprint density at radius 1 is 0.450 bits per heavy atom. The van der Waals surface area contributed by atoms with Gasteiger partial charge in [-0.15, -0.1) is 0 Å². The summed E-state index contributed by atoms with van der Waals surface area (Å²) in [5.41, 5.74) is 8.78. The van der Waals surface area contributed by atoms with E-state index in [1.54, 1.807) is 43.3 Å². The number of hydrogen-bond acceptors (Lipinski definition) is 23. The number of ether oxygens (including phenoxy) is 2. The number of benzene rings is 13. The van der Waals surface area contributed by atoms with Crippen molar-refractivity contribution >= 4 is 237 Å². The molecule has 3 unspecified atom stereocenters. The Morgan fingerprint density at radius 2 is 0.926 bits per heavy atom. The highest BCUT2D eigenvalue weighted by molar-refractivity contribution is 7.92. The molecule has 0 spiro atoms. The van der Waals surface area contributed by atoms with Gasteiger partial charge in [-0.1, -0.05) is 244 Å². The number of nitrogens with zero attached hydrogens (tertiary/aromatic N) is 3. The van der Waals surface area contributed by atoms with Crippen LogP contribution in [-0.2, 0) is 90.4 Å². The van der Waals surface area contributed by atoms with Gasteiger partial charge in [0.25, 0.3) is 0 Å². The summed E-state index contributed by atoms with van der Waals surface area (Å²) >= 11 is 70.1. The summed E-state index contributed by atoms with van der Waals surface area (Å²) in [6.07, 6.45) is 5.50. The van der Waals surface area contributed by atoms with E-state index in [0.29, 0.717) is 60.6 Å². The molecule has 2 saturated heterocycles. The molecule has 4 aliphatic heterocycles. The van der Waals surface area contributed by atoms with Gasteiger partial charge in [0.1, 0.15) is 59.1 Å². The molecule has 7 N–H and O–H groups in total. The number of piperidine rings is 1. The molecule has 0 bridgehead atoms. The Bertz CT molecular complexity index is 8150. The molecule has 790 valence electrons. The van der Waals surface area contributed by atoms with Crippen LogP contribution < -0.4 is 24.6 Å². The highest BCUT2D eigenvalue weighted by Crippen LogP contribution is 2.46. The highest BCUT2D eigenvalue weighted by atomic mass is 35.5. The van der Waals surface area contributed by atoms with Gasteiger partial charge in [-0.05, 0) is 230 Å². The number of phenolic OH excluding ortho intramolecular Hbond substituents is 6. The van der Waals surface area contributed by atoms with Gasteiger partial charge in [-0.3, -0.25) is 0 Å². The van der Waals surface area contributed by atoms with E-state index < -0.39 is 117 Å². The minimum Gasteiger partial charge on any atom is -0.505 e. The van der Waals surface area contributed by atoms with Crippen LogP contribution in [0, 0.1) is 30.4 Å². The fourth-order valence-electron chi connectivity index (χ4n) is 17.4. The molecule has 3 atom stereocenters. The van der Waals surface area contributed by atoms with Gasteiger partial charge in [0.15, 0.2) is 93.5 Å². The molecule has 0 saturated carbocycles. The molecule has 14 aromatic rings. The Balaban J connectivity index is 0.000000149. The number of aromatic nitrogens is 1. The van der Waals surface area contributed by atoms with Crippen molar-refractivity contribution in [3.63, 3.8) is 0 Å². The fourth-order valence-corrected chi connectivity index (χ4v) is 30.5. The first-order valence-corrected chi connectivity index (χ1v) is 60.0. The van der Waals surface area contributed by atoms with Gasteiger partial charge in [-0.2, -0.15) is 0 Å². The number of fused-ring (bicyclic) bond motifs is 4. The minimum absolute atomic E-state index is 0.00707. The number of anilines is 3. The van der Waals surface area contributed by atoms with E-state index in [9.17, 15) is 89.9 Å². The second-order valence-corrected chi connectivity index (χ2v) is 52.7. The first-order valence-electron chi connectivity index (χ1n) is 45.6. The first-order chi connectivity index (χ1) is 70.2. The van der Waals surface area contributed by atoms with Crippen molar-refractivity contribution in [3.8, 4) is 46.0 Å². The Labute approximate surface area is 922 Å². The van der Waals surface area contributed by atoms with E-state index in [4.69, 9.17) is 149 Å². The topological polar surface area (TPSA) is 368 Å². The third-order valence-corrected chi connectivity index (χ3v) is 38.5. The fraction of sp³-hybridized carbons (Fsp3) is 0.238. The van der Waals surface area contributed by atoms with Crippen LogP contribution in [-0.4, -0.2) is 148 Å². The number of hydrogen-bond donors (Lipinski definition) is 7. The number of halogens is 14. The molecular formula is C105H96Cl12F2N4O20S6. The Kier molecular flexibility index (Phi) is 38.7. The maximum Gasteiger partial charge on any atom is 0.186 e. The average Bonchev–Trinajstić information content (AvgIpc) is 1.74. The van der Waals surface area contributed by atoms with Gasteiger partial charge in [-0.25, -0.2) is 59.3 Å². The molecule has 24 nitrogen and oxygen atoms in total. The lowest BCUT2D eigenvalue weighted by molar-refractivity contribution is 0.219. The zero-order valence-corrected chi connectivity index (χ0v) is 93.2. The van der Waals surface area contributed by atoms with Crippen molar-refractivity contribution in [3.05, 3.63) is 342 Å². The average molecular weight is 2390 g/mol. The quantitative estimate of drug-likeness (QED) is 0.0313. The summed E-state index contributed by atoms with van der Waals surface area (Å²) in [6.45, 7) is 11.6. The van der Waals surface area contributed by atoms with Gasteiger partial charge < -0.3 is 59.8 Å². The van der Waals surface area contributed by atoms with E-state index in [0.717, 1.165) is 120 Å². The summed E-state index contributed by atoms with van der Waals surface area (Å²) < 4.78 is 193. The van der Waals surface area contributed by atoms with Crippen molar-refractivity contribution in [2.75, 3.05) is 77.5 Å². The van der Waals surface area contributed by atoms with Crippen LogP contribution in [0.5, 0.6) is 46.0 Å². The van der Waals surface area contributed by atoms with Crippen LogP contribution in [0.2, 0.25) is 60.3 Å². The van der Waals surface area contributed by atoms with Crippen molar-refractivity contribution in [2.45, 2.75) is 106 Å². The zero-order chi connectivity index (χ0) is 108. The zero-order valence-electron chi connectivity index (χ0n) is 79.2. The standard InChI is InChI=1S/C18H18Cl2FNO3S.C18H17Cl2NO4S.C18H17Cl2NO3S.C17H11Cl2FO3S.C17H17Cl2NO3S.C17H16Cl2O4S/c19-13-8-16(20)18(23)17(9-13)26(24,25)11-12-6-14(21)10-15(7-12)22-4-2-1-3-5-22;1-10(12-3-4-16-15(5-12)21-11(2)8-25-16)9-26(23,24)17-7-13(19)6-14(20)18(17)22;1-11-13-5-3-4-6-16(13)21(2)15(11)7-8-25(23,24)17-10-12(19)9-14(20)18(17)22;18-12-7-13(19)17(21)15(8-12)24(22,23)9-11-5-1-3-10-4-2-6-14(20)16(10)11;18-13-8-15(19)17(21)16(9-13)24(22,23)11-12-6-7-20(10-12)14-4-2-1-3-5-14;18-13-8-14(19)17(20)16(9-13)24(21,22)6-5-11-7-12-3-1-2-4-15(12)23-10-11/h6-10,23H,1-5,11H2;3-7,10,21-22H,2,8-9H2,1H3;3-6,9-10,22H,7-8H2,1-2H3;1-8,21H,9H2;1-5,8-9,12,21H,6-7,10-11H2;1-4,8-9,11,20H,5-7,10H2. The highest BCUT2D eigenvalue weighted by Gasteiger charge is 2.35. The smallest absolute Gasteiger partial charge is 0.186 e. The van der Waals surface area contributed by atoms with Crippen LogP contribution in [0.3, 0.4) is 0 Å². The third-order valence-electron chi connectivity index (χ3n) is 24.8. The monoisotopic (exact) mass is 2380 g/mol. The van der Waals surface area contributed by atoms with Crippen LogP contribution in [0.15, 0.2) is 266 Å². The van der Waals surface area contributed by atoms with Gasteiger partial charge in [0.2, 0.25) is 0 Å². The summed E-state index contributed by atoms with van der Waals surface area (Å²) in [4.78, 5) is 2.56. The Hall–Kier alpha value is -9.76. The SMILES string of the molecule is C=C1COc2ccc(C(C)CS(=O)(=O)c3cc(Cl)cc(Cl)c3O)cc2N1.Cc1c(CCS(=O)(=O)c2cc(Cl)cc(Cl)c2O)n(C)c2ccccc12.O=S(=O)(CC1CCN(c2ccccc2)C1)c1cc(Cl)cc(Cl)c1O.O=S(=O)(CCC1COc2ccccc2C1)c1cc(Cl)cc(Cl)c1O.O=S(=O)(Cc1cc(F)cc(N2CCCCC2)c1)c1cc(Cl)cc(Cl)c1O.O=S(=O)(Cc1cccc2cccc(F)c12)c1cc(Cl)cc(Cl)c1O. The molecule has 1 aromatic heterocycles. The summed E-state index contributed by atoms with van der Waals surface area (Å²) in [5, 5.41) is 65.2. The normalized spacial score (nSPS) is 14.9. The van der Waals surface area contributed by atoms with Crippen molar-refractivity contribution in [1.82, 2.24) is 4.57 Å². The lowest BCUT2D eigenvalue weighted by Crippen LogP contribution is -2.29. The second-order valence-electron chi connectivity index (χ2n) is 35.5. The molecule has 18 rings (SSSR count). The molecule has 44 heteroatoms. The van der Waals surface area contributed by atoms with E-state index in [1.807, 2.05) is 110 Å². The molecule has 13 aromatic carbocycles. The number of para-hydroxylation sites is 3. The van der Waals surface area contributed by atoms with Crippen molar-refractivity contribution < 1.29 is 99.4 Å². The first kappa shape index (κ1) is 116. The largest absolute Gasteiger partial charge is 0.505 e. The van der Waals surface area contributed by atoms with E-state index in [1.165, 1.54) is 84.9 Å². The van der Waals surface area contributed by atoms with E-state index in [2.05, 4.69) is 21.7 Å². The molecular weight excluding hydrogens is 2290 g/mol. The predicted octanol–water partition coefficient (Wildman–Crippen LogP) is 27.0. The summed E-state index contributed by atoms with van der Waals surface area (Å²) in [6, 6.07) is 59.6. The number of rotatable bonds is 23. The maximum atomic E-state index is 14.1.